The Labute approximate surface area is 206 Å². The molecule has 2 aliphatic rings. The van der Waals surface area contributed by atoms with E-state index >= 15 is 0 Å². The van der Waals surface area contributed by atoms with Crippen LogP contribution in [0.5, 0.6) is 11.5 Å². The molecular weight excluding hydrogens is 446 g/mol. The molecule has 0 N–H and O–H groups in total. The van der Waals surface area contributed by atoms with Crippen molar-refractivity contribution in [1.29, 1.82) is 0 Å². The minimum Gasteiger partial charge on any atom is -0.478 e. The van der Waals surface area contributed by atoms with Gasteiger partial charge in [-0.25, -0.2) is 0 Å². The van der Waals surface area contributed by atoms with Crippen molar-refractivity contribution < 1.29 is 19.1 Å². The number of ether oxygens (including phenoxy) is 2. The van der Waals surface area contributed by atoms with Crippen molar-refractivity contribution in [3.63, 3.8) is 0 Å². The molecule has 33 heavy (non-hydrogen) atoms. The quantitative estimate of drug-likeness (QED) is 0.373. The van der Waals surface area contributed by atoms with E-state index in [-0.39, 0.29) is 18.0 Å². The number of pyridine rings is 2. The number of carbonyl (C=O) groups is 2. The maximum atomic E-state index is 14.1. The first kappa shape index (κ1) is 20.8. The smallest absolute Gasteiger partial charge is 0.216 e. The first-order valence-corrected chi connectivity index (χ1v) is 11.7. The molecule has 0 fully saturated rings. The zero-order chi connectivity index (χ0) is 23.1. The minimum absolute atomic E-state index is 0.0535. The van der Waals surface area contributed by atoms with E-state index < -0.39 is 11.2 Å². The number of nitrogens with zero attached hydrogens (tertiary/aromatic N) is 2. The lowest BCUT2D eigenvalue weighted by atomic mass is 9.81. The maximum absolute atomic E-state index is 14.1. The molecule has 2 unspecified atom stereocenters. The molecule has 4 heterocycles. The van der Waals surface area contributed by atoms with Crippen LogP contribution in [-0.4, -0.2) is 65.3 Å². The summed E-state index contributed by atoms with van der Waals surface area (Å²) in [5.41, 5.74) is -0.589. The lowest BCUT2D eigenvalue weighted by Gasteiger charge is -2.31. The second-order valence-corrected chi connectivity index (χ2v) is 10.0. The lowest BCUT2D eigenvalue weighted by molar-refractivity contribution is 0.0144. The van der Waals surface area contributed by atoms with Gasteiger partial charge in [-0.2, -0.15) is 0 Å². The van der Waals surface area contributed by atoms with Gasteiger partial charge in [-0.3, -0.25) is 19.6 Å². The molecule has 2 aliphatic heterocycles. The average molecular weight is 462 g/mol. The van der Waals surface area contributed by atoms with E-state index in [4.69, 9.17) is 9.47 Å². The van der Waals surface area contributed by atoms with E-state index in [1.165, 1.54) is 0 Å². The molecule has 0 spiro atoms. The number of Topliss-reactive ketones (excluding diaryl/α,β-unsaturated/α-hetero) is 2. The van der Waals surface area contributed by atoms with Crippen LogP contribution >= 0.6 is 0 Å². The van der Waals surface area contributed by atoms with E-state index in [1.54, 1.807) is 13.8 Å². The number of para-hydroxylation sites is 2. The number of rotatable bonds is 0. The Morgan fingerprint density at radius 3 is 1.55 bits per heavy atom. The molecule has 0 saturated carbocycles. The predicted molar refractivity (Wildman–Crippen MR) is 126 cm³/mol. The number of aromatic nitrogens is 2. The third-order valence-corrected chi connectivity index (χ3v) is 7.27. The van der Waals surface area contributed by atoms with Crippen LogP contribution in [0.1, 0.15) is 41.0 Å². The second-order valence-electron chi connectivity index (χ2n) is 8.94. The Kier molecular flexibility index (Phi) is 4.35. The zero-order valence-electron chi connectivity index (χ0n) is 18.0. The van der Waals surface area contributed by atoms with Crippen LogP contribution < -0.4 is 18.6 Å². The van der Waals surface area contributed by atoms with Gasteiger partial charge in [-0.1, -0.05) is 36.4 Å². The highest BCUT2D eigenvalue weighted by atomic mass is 27.1. The molecule has 2 bridgehead atoms. The Morgan fingerprint density at radius 1 is 0.727 bits per heavy atom. The first-order valence-electron chi connectivity index (χ1n) is 10.6. The number of hydrogen-bond donors (Lipinski definition) is 0. The summed E-state index contributed by atoms with van der Waals surface area (Å²) in [6, 6.07) is 14.8. The van der Waals surface area contributed by atoms with Gasteiger partial charge in [0.2, 0.25) is 44.1 Å². The van der Waals surface area contributed by atoms with Gasteiger partial charge in [0.1, 0.15) is 11.5 Å². The first-order chi connectivity index (χ1) is 15.7. The van der Waals surface area contributed by atoms with Crippen LogP contribution in [0.25, 0.3) is 21.8 Å². The Morgan fingerprint density at radius 2 is 1.12 bits per heavy atom. The Balaban J connectivity index is 1.70. The maximum Gasteiger partial charge on any atom is 0.216 e. The topological polar surface area (TPSA) is 78.4 Å². The van der Waals surface area contributed by atoms with Crippen LogP contribution in [0.3, 0.4) is 0 Å². The molecule has 4 radical (unpaired) electrons. The third kappa shape index (κ3) is 2.86. The van der Waals surface area contributed by atoms with Crippen LogP contribution in [0.15, 0.2) is 48.5 Å². The lowest BCUT2D eigenvalue weighted by Crippen LogP contribution is -2.49. The molecule has 156 valence electrons. The molecule has 2 aromatic heterocycles. The molecule has 4 aromatic rings. The average Bonchev–Trinajstić information content (AvgIpc) is 2.93. The normalized spacial score (nSPS) is 23.8. The van der Waals surface area contributed by atoms with Crippen molar-refractivity contribution in [3.8, 4) is 11.5 Å². The summed E-state index contributed by atoms with van der Waals surface area (Å²) in [6.45, 7) is 3.46. The summed E-state index contributed by atoms with van der Waals surface area (Å²) in [6.07, 6.45) is 0.0535. The number of hydrogen-bond acceptors (Lipinski definition) is 6. The highest BCUT2D eigenvalue weighted by Crippen LogP contribution is 2.46. The standard InChI is InChI=1S/C25H16N2O4.2Al/c1-24-13-25(2,23(29)21-15-8-4-6-10-17(15)26-11-18(21)30-24)31-19-12-27-16-9-5-3-7-14(16)20(19)22(24)28;;/h3-10H,13H2,1-2H3;;. The van der Waals surface area contributed by atoms with Gasteiger partial charge >= 0.3 is 0 Å². The summed E-state index contributed by atoms with van der Waals surface area (Å²) in [5.74, 6) is 0.114. The SMILES string of the molecule is CC12CC(C)(Oc3[c]([Al])nc4ccccc4c3C1=O)C(=O)c1c([c]([Al])nc3ccccc13)O2. The highest BCUT2D eigenvalue weighted by molar-refractivity contribution is 6.36. The fourth-order valence-corrected chi connectivity index (χ4v) is 5.72. The van der Waals surface area contributed by atoms with Crippen molar-refractivity contribution >= 4 is 75.1 Å². The number of carbonyl (C=O) groups excluding carboxylic acids is 2. The summed E-state index contributed by atoms with van der Waals surface area (Å²) in [4.78, 5) is 37.5. The monoisotopic (exact) mass is 462 g/mol. The van der Waals surface area contributed by atoms with Crippen LogP contribution in [0, 0.1) is 0 Å². The number of fused-ring (bicyclic) bond motifs is 8. The summed E-state index contributed by atoms with van der Waals surface area (Å²) in [5, 5.41) is 1.33. The van der Waals surface area contributed by atoms with Crippen molar-refractivity contribution in [1.82, 2.24) is 9.97 Å². The van der Waals surface area contributed by atoms with Gasteiger partial charge < -0.3 is 9.47 Å². The molecule has 0 amide bonds. The summed E-state index contributed by atoms with van der Waals surface area (Å²) in [7, 11) is 0. The van der Waals surface area contributed by atoms with Gasteiger partial charge in [0.25, 0.3) is 0 Å². The third-order valence-electron chi connectivity index (χ3n) is 6.49. The number of benzene rings is 2. The van der Waals surface area contributed by atoms with Crippen molar-refractivity contribution in [2.75, 3.05) is 0 Å². The van der Waals surface area contributed by atoms with Crippen LogP contribution in [-0.2, 0) is 0 Å². The van der Waals surface area contributed by atoms with Crippen LogP contribution in [0.2, 0.25) is 0 Å². The van der Waals surface area contributed by atoms with E-state index in [1.807, 2.05) is 48.5 Å². The van der Waals surface area contributed by atoms with Gasteiger partial charge in [-0.05, 0) is 35.1 Å². The molecule has 0 aliphatic carbocycles. The molecule has 6 rings (SSSR count). The predicted octanol–water partition coefficient (Wildman–Crippen LogP) is 2.13. The van der Waals surface area contributed by atoms with Gasteiger partial charge in [0.05, 0.1) is 22.2 Å². The molecular formula is C25H16Al2N2O4. The van der Waals surface area contributed by atoms with Crippen molar-refractivity contribution in [2.24, 2.45) is 0 Å². The summed E-state index contributed by atoms with van der Waals surface area (Å²) >= 11 is 5.09. The van der Waals surface area contributed by atoms with Crippen molar-refractivity contribution in [3.05, 3.63) is 59.7 Å². The minimum atomic E-state index is -1.35. The molecule has 2 aromatic carbocycles. The fourth-order valence-electron chi connectivity index (χ4n) is 5.03. The van der Waals surface area contributed by atoms with Gasteiger partial charge in [0.15, 0.2) is 11.2 Å². The fraction of sp³-hybridized carbons (Fsp3) is 0.200. The Bertz CT molecular complexity index is 1440. The van der Waals surface area contributed by atoms with E-state index in [0.29, 0.717) is 53.5 Å². The summed E-state index contributed by atoms with van der Waals surface area (Å²) < 4.78 is 13.9. The number of ketones is 2. The van der Waals surface area contributed by atoms with Gasteiger partial charge in [-0.15, -0.1) is 0 Å². The van der Waals surface area contributed by atoms with E-state index in [9.17, 15) is 9.59 Å². The Hall–Kier alpha value is -2.74. The molecule has 0 saturated heterocycles. The molecule has 8 heteroatoms. The largest absolute Gasteiger partial charge is 0.478 e. The molecule has 2 atom stereocenters. The molecule has 6 nitrogen and oxygen atoms in total. The van der Waals surface area contributed by atoms with E-state index in [0.717, 1.165) is 0 Å². The highest BCUT2D eigenvalue weighted by Gasteiger charge is 2.55. The van der Waals surface area contributed by atoms with Crippen molar-refractivity contribution in [2.45, 2.75) is 31.5 Å². The second kappa shape index (κ2) is 6.89. The zero-order valence-corrected chi connectivity index (χ0v) is 20.3. The van der Waals surface area contributed by atoms with Gasteiger partial charge in [0, 0.05) is 17.2 Å². The van der Waals surface area contributed by atoms with Crippen LogP contribution in [0.4, 0.5) is 0 Å². The van der Waals surface area contributed by atoms with E-state index in [2.05, 4.69) is 42.5 Å².